The van der Waals surface area contributed by atoms with E-state index in [0.29, 0.717) is 18.4 Å². The number of ether oxygens (including phenoxy) is 4. The van der Waals surface area contributed by atoms with Crippen LogP contribution in [0.5, 0.6) is 5.75 Å². The van der Waals surface area contributed by atoms with Crippen LogP contribution < -0.4 is 10.4 Å². The summed E-state index contributed by atoms with van der Waals surface area (Å²) in [6.07, 6.45) is -0.251. The van der Waals surface area contributed by atoms with Crippen LogP contribution in [0, 0.1) is 22.7 Å². The Morgan fingerprint density at radius 1 is 1.07 bits per heavy atom. The van der Waals surface area contributed by atoms with E-state index in [9.17, 15) is 24.3 Å². The third-order valence-corrected chi connectivity index (χ3v) is 10.0. The highest BCUT2D eigenvalue weighted by Crippen LogP contribution is 2.67. The van der Waals surface area contributed by atoms with Crippen LogP contribution in [0.1, 0.15) is 72.5 Å². The van der Waals surface area contributed by atoms with E-state index in [0.717, 1.165) is 0 Å². The molecule has 2 fully saturated rings. The van der Waals surface area contributed by atoms with Crippen LogP contribution in [-0.4, -0.2) is 52.4 Å². The van der Waals surface area contributed by atoms with Crippen LogP contribution in [0.25, 0.3) is 11.3 Å². The summed E-state index contributed by atoms with van der Waals surface area (Å²) < 4.78 is 29.4. The van der Waals surface area contributed by atoms with E-state index in [-0.39, 0.29) is 35.3 Å². The SMILES string of the molecule is CC(=O)OC[C@@]1(C)[C@@H]2C[C@H](OC(C)=O)[C@@]3(C)Oc4cc(-c5ccc(Cl)nc5)oc(=O)c4[C@H](O)[C@@H]3[C@@]2(C)CC[C@@H]1OC(C)=O. The van der Waals surface area contributed by atoms with Gasteiger partial charge in [0.25, 0.3) is 0 Å². The number of aliphatic hydroxyl groups excluding tert-OH is 1. The predicted molar refractivity (Wildman–Crippen MR) is 152 cm³/mol. The predicted octanol–water partition coefficient (Wildman–Crippen LogP) is 4.41. The third-order valence-electron chi connectivity index (χ3n) is 9.80. The zero-order valence-electron chi connectivity index (χ0n) is 25.0. The average molecular weight is 618 g/mol. The summed E-state index contributed by atoms with van der Waals surface area (Å²) in [6, 6.07) is 4.72. The molecule has 5 rings (SSSR count). The zero-order chi connectivity index (χ0) is 31.5. The minimum absolute atomic E-state index is 0.0413. The molecule has 0 spiro atoms. The molecule has 0 amide bonds. The molecule has 2 aromatic rings. The van der Waals surface area contributed by atoms with Gasteiger partial charge >= 0.3 is 23.5 Å². The molecule has 0 saturated heterocycles. The molecule has 0 aromatic carbocycles. The second-order valence-electron chi connectivity index (χ2n) is 12.6. The van der Waals surface area contributed by atoms with E-state index in [4.69, 9.17) is 35.0 Å². The maximum Gasteiger partial charge on any atom is 0.345 e. The van der Waals surface area contributed by atoms with Gasteiger partial charge in [-0.05, 0) is 49.7 Å². The summed E-state index contributed by atoms with van der Waals surface area (Å²) in [5.74, 6) is -2.40. The summed E-state index contributed by atoms with van der Waals surface area (Å²) >= 11 is 5.92. The van der Waals surface area contributed by atoms with Crippen molar-refractivity contribution in [2.75, 3.05) is 6.61 Å². The molecular formula is C31H36ClNO10. The number of aromatic nitrogens is 1. The molecule has 3 aliphatic rings. The molecule has 2 aromatic heterocycles. The maximum absolute atomic E-state index is 13.5. The van der Waals surface area contributed by atoms with Crippen LogP contribution in [0.2, 0.25) is 5.15 Å². The molecule has 12 heteroatoms. The number of pyridine rings is 1. The van der Waals surface area contributed by atoms with Gasteiger partial charge in [-0.25, -0.2) is 9.78 Å². The fraction of sp³-hybridized carbons (Fsp3) is 0.581. The highest BCUT2D eigenvalue weighted by Gasteiger charge is 2.70. The quantitative estimate of drug-likeness (QED) is 0.288. The number of halogens is 1. The Balaban J connectivity index is 1.66. The number of aliphatic hydroxyl groups is 1. The first-order valence-electron chi connectivity index (χ1n) is 14.2. The third kappa shape index (κ3) is 5.20. The van der Waals surface area contributed by atoms with Crippen molar-refractivity contribution in [3.05, 3.63) is 45.5 Å². The van der Waals surface area contributed by atoms with Crippen molar-refractivity contribution in [1.82, 2.24) is 4.98 Å². The van der Waals surface area contributed by atoms with Gasteiger partial charge in [0.1, 0.15) is 46.6 Å². The summed E-state index contributed by atoms with van der Waals surface area (Å²) in [5.41, 5.74) is -3.28. The highest BCUT2D eigenvalue weighted by atomic mass is 35.5. The second kappa shape index (κ2) is 10.9. The monoisotopic (exact) mass is 617 g/mol. The number of carbonyl (C=O) groups is 3. The van der Waals surface area contributed by atoms with Crippen molar-refractivity contribution < 1.29 is 42.9 Å². The van der Waals surface area contributed by atoms with Crippen LogP contribution >= 0.6 is 11.6 Å². The molecular weight excluding hydrogens is 582 g/mol. The van der Waals surface area contributed by atoms with Gasteiger partial charge in [-0.1, -0.05) is 25.4 Å². The van der Waals surface area contributed by atoms with E-state index in [2.05, 4.69) is 4.98 Å². The van der Waals surface area contributed by atoms with E-state index in [1.165, 1.54) is 33.0 Å². The van der Waals surface area contributed by atoms with Gasteiger partial charge in [-0.2, -0.15) is 0 Å². The fourth-order valence-corrected chi connectivity index (χ4v) is 8.16. The van der Waals surface area contributed by atoms with E-state index in [1.54, 1.807) is 19.1 Å². The molecule has 3 heterocycles. The zero-order valence-corrected chi connectivity index (χ0v) is 25.7. The molecule has 0 bridgehead atoms. The van der Waals surface area contributed by atoms with E-state index < -0.39 is 70.1 Å². The molecule has 0 radical (unpaired) electrons. The Hall–Kier alpha value is -3.44. The Labute approximate surface area is 253 Å². The molecule has 0 unspecified atom stereocenters. The highest BCUT2D eigenvalue weighted by molar-refractivity contribution is 6.29. The summed E-state index contributed by atoms with van der Waals surface area (Å²) in [7, 11) is 0. The summed E-state index contributed by atoms with van der Waals surface area (Å²) in [6.45, 7) is 9.50. The lowest BCUT2D eigenvalue weighted by Crippen LogP contribution is -2.71. The van der Waals surface area contributed by atoms with Crippen LogP contribution in [0.4, 0.5) is 0 Å². The maximum atomic E-state index is 13.5. The topological polar surface area (TPSA) is 151 Å². The molecule has 43 heavy (non-hydrogen) atoms. The first-order chi connectivity index (χ1) is 20.1. The number of carbonyl (C=O) groups excluding carboxylic acids is 3. The Morgan fingerprint density at radius 2 is 1.74 bits per heavy atom. The lowest BCUT2D eigenvalue weighted by molar-refractivity contribution is -0.270. The molecule has 11 nitrogen and oxygen atoms in total. The standard InChI is InChI=1S/C31H36ClNO10/c1-15(34)39-14-30(5)21-12-23(41-17(3)36)31(6)27(29(21,4)10-9-22(30)40-16(2)35)26(37)25-20(43-31)11-19(42-28(25)38)18-7-8-24(32)33-13-18/h7-8,11,13,21-23,26-27,37H,9-10,12,14H2,1-6H3/t21-,22+,23+,26+,27-,29+,30+,31-/m1/s1. The lowest BCUT2D eigenvalue weighted by Gasteiger charge is -2.66. The van der Waals surface area contributed by atoms with E-state index in [1.807, 2.05) is 13.8 Å². The number of fused-ring (bicyclic) bond motifs is 4. The van der Waals surface area contributed by atoms with Crippen molar-refractivity contribution in [2.24, 2.45) is 22.7 Å². The number of esters is 3. The minimum Gasteiger partial charge on any atom is -0.482 e. The summed E-state index contributed by atoms with van der Waals surface area (Å²) in [5, 5.41) is 12.3. The van der Waals surface area contributed by atoms with E-state index >= 15 is 0 Å². The smallest absolute Gasteiger partial charge is 0.345 e. The Bertz CT molecular complexity index is 1510. The summed E-state index contributed by atoms with van der Waals surface area (Å²) in [4.78, 5) is 54.0. The Morgan fingerprint density at radius 3 is 2.35 bits per heavy atom. The van der Waals surface area contributed by atoms with Gasteiger partial charge in [0.15, 0.2) is 0 Å². The first-order valence-corrected chi connectivity index (χ1v) is 14.6. The minimum atomic E-state index is -1.36. The fourth-order valence-electron chi connectivity index (χ4n) is 8.05. The van der Waals surface area contributed by atoms with Crippen molar-refractivity contribution in [3.63, 3.8) is 0 Å². The van der Waals surface area contributed by atoms with Gasteiger partial charge in [0.2, 0.25) is 0 Å². The number of hydrogen-bond acceptors (Lipinski definition) is 11. The van der Waals surface area contributed by atoms with Gasteiger partial charge in [0.05, 0.1) is 6.10 Å². The average Bonchev–Trinajstić information content (AvgIpc) is 2.90. The molecule has 1 aliphatic heterocycles. The van der Waals surface area contributed by atoms with Crippen molar-refractivity contribution in [1.29, 1.82) is 0 Å². The molecule has 1 N–H and O–H groups in total. The first kappa shape index (κ1) is 31.0. The number of hydrogen-bond donors (Lipinski definition) is 1. The van der Waals surface area contributed by atoms with Crippen molar-refractivity contribution in [2.45, 2.75) is 84.7 Å². The van der Waals surface area contributed by atoms with Gasteiger partial charge < -0.3 is 28.5 Å². The normalized spacial score (nSPS) is 34.5. The lowest BCUT2D eigenvalue weighted by atomic mass is 9.42. The van der Waals surface area contributed by atoms with Crippen LogP contribution in [0.3, 0.4) is 0 Å². The molecule has 2 aliphatic carbocycles. The van der Waals surface area contributed by atoms with Crippen molar-refractivity contribution in [3.8, 4) is 17.1 Å². The Kier molecular flexibility index (Phi) is 7.88. The number of nitrogens with zero attached hydrogens (tertiary/aromatic N) is 1. The van der Waals surface area contributed by atoms with Gasteiger partial charge in [-0.15, -0.1) is 0 Å². The molecule has 2 saturated carbocycles. The second-order valence-corrected chi connectivity index (χ2v) is 13.0. The largest absolute Gasteiger partial charge is 0.482 e. The molecule has 232 valence electrons. The molecule has 8 atom stereocenters. The van der Waals surface area contributed by atoms with Gasteiger partial charge in [-0.3, -0.25) is 14.4 Å². The van der Waals surface area contributed by atoms with Crippen LogP contribution in [0.15, 0.2) is 33.6 Å². The van der Waals surface area contributed by atoms with Crippen molar-refractivity contribution >= 4 is 29.5 Å². The van der Waals surface area contributed by atoms with Crippen LogP contribution in [-0.2, 0) is 28.6 Å². The van der Waals surface area contributed by atoms with Gasteiger partial charge in [0, 0.05) is 49.9 Å². The number of rotatable bonds is 5.